The second-order valence-electron chi connectivity index (χ2n) is 6.45. The van der Waals surface area contributed by atoms with Crippen molar-refractivity contribution in [1.29, 1.82) is 0 Å². The van der Waals surface area contributed by atoms with E-state index in [4.69, 9.17) is 11.6 Å². The number of carbonyl (C=O) groups is 2. The lowest BCUT2D eigenvalue weighted by Crippen LogP contribution is -2.30. The van der Waals surface area contributed by atoms with Gasteiger partial charge in [0.1, 0.15) is 5.25 Å². The van der Waals surface area contributed by atoms with Crippen molar-refractivity contribution >= 4 is 51.7 Å². The number of nitrogens with zero attached hydrogens (tertiary/aromatic N) is 2. The maximum Gasteiger partial charge on any atom is 0.242 e. The van der Waals surface area contributed by atoms with Crippen LogP contribution in [0.4, 0.5) is 11.4 Å². The molecule has 1 fully saturated rings. The predicted octanol–water partition coefficient (Wildman–Crippen LogP) is 4.55. The summed E-state index contributed by atoms with van der Waals surface area (Å²) in [7, 11) is 1.68. The maximum atomic E-state index is 12.5. The molecule has 1 aliphatic heterocycles. The van der Waals surface area contributed by atoms with Crippen LogP contribution in [0, 0.1) is 13.8 Å². The number of carbonyl (C=O) groups excluding carboxylic acids is 2. The summed E-state index contributed by atoms with van der Waals surface area (Å²) >= 11 is 7.30. The molecule has 5 nitrogen and oxygen atoms in total. The fourth-order valence-corrected chi connectivity index (χ4v) is 4.03. The van der Waals surface area contributed by atoms with E-state index in [9.17, 15) is 9.59 Å². The number of amidine groups is 1. The van der Waals surface area contributed by atoms with Gasteiger partial charge in [-0.2, -0.15) is 0 Å². The molecular formula is C20H20ClN3O2S. The molecule has 0 radical (unpaired) electrons. The van der Waals surface area contributed by atoms with Crippen molar-refractivity contribution in [3.05, 3.63) is 58.6 Å². The van der Waals surface area contributed by atoms with Gasteiger partial charge in [-0.05, 0) is 49.2 Å². The van der Waals surface area contributed by atoms with Gasteiger partial charge in [0.05, 0.1) is 5.69 Å². The summed E-state index contributed by atoms with van der Waals surface area (Å²) in [4.78, 5) is 31.0. The lowest BCUT2D eigenvalue weighted by Gasteiger charge is -2.11. The van der Waals surface area contributed by atoms with Crippen molar-refractivity contribution < 1.29 is 9.59 Å². The quantitative estimate of drug-likeness (QED) is 0.817. The van der Waals surface area contributed by atoms with Gasteiger partial charge in [0, 0.05) is 24.2 Å². The Morgan fingerprint density at radius 2 is 2.04 bits per heavy atom. The summed E-state index contributed by atoms with van der Waals surface area (Å²) < 4.78 is 0. The van der Waals surface area contributed by atoms with E-state index in [-0.39, 0.29) is 18.2 Å². The van der Waals surface area contributed by atoms with Crippen LogP contribution in [0.1, 0.15) is 17.5 Å². The molecule has 1 aliphatic rings. The number of benzene rings is 2. The molecule has 0 spiro atoms. The van der Waals surface area contributed by atoms with Crippen molar-refractivity contribution in [2.75, 3.05) is 12.4 Å². The zero-order chi connectivity index (χ0) is 19.6. The zero-order valence-electron chi connectivity index (χ0n) is 15.3. The minimum atomic E-state index is -0.488. The summed E-state index contributed by atoms with van der Waals surface area (Å²) in [5, 5.41) is 3.50. The number of hydrogen-bond donors (Lipinski definition) is 1. The molecule has 7 heteroatoms. The van der Waals surface area contributed by atoms with E-state index in [1.807, 2.05) is 44.2 Å². The molecule has 27 heavy (non-hydrogen) atoms. The number of halogens is 1. The number of thioether (sulfide) groups is 1. The number of amides is 2. The van der Waals surface area contributed by atoms with Crippen LogP contribution in [-0.2, 0) is 9.59 Å². The highest BCUT2D eigenvalue weighted by Gasteiger charge is 2.37. The monoisotopic (exact) mass is 401 g/mol. The molecule has 2 aromatic rings. The maximum absolute atomic E-state index is 12.5. The van der Waals surface area contributed by atoms with Crippen molar-refractivity contribution in [1.82, 2.24) is 4.90 Å². The highest BCUT2D eigenvalue weighted by atomic mass is 35.5. The van der Waals surface area contributed by atoms with Crippen molar-refractivity contribution in [2.24, 2.45) is 4.99 Å². The van der Waals surface area contributed by atoms with E-state index in [1.165, 1.54) is 16.7 Å². The number of nitrogens with one attached hydrogen (secondary N) is 1. The van der Waals surface area contributed by atoms with Crippen LogP contribution in [0.25, 0.3) is 0 Å². The average Bonchev–Trinajstić information content (AvgIpc) is 2.86. The smallest absolute Gasteiger partial charge is 0.242 e. The first-order chi connectivity index (χ1) is 12.8. The molecule has 2 amide bonds. The third kappa shape index (κ3) is 4.70. The number of anilines is 1. The van der Waals surface area contributed by atoms with E-state index in [0.29, 0.717) is 15.9 Å². The van der Waals surface area contributed by atoms with Crippen molar-refractivity contribution in [3.8, 4) is 0 Å². The van der Waals surface area contributed by atoms with Crippen LogP contribution in [0.5, 0.6) is 0 Å². The van der Waals surface area contributed by atoms with Crippen LogP contribution >= 0.6 is 23.4 Å². The number of aryl methyl sites for hydroxylation is 2. The van der Waals surface area contributed by atoms with Crippen LogP contribution in [-0.4, -0.2) is 34.2 Å². The second-order valence-corrected chi connectivity index (χ2v) is 8.05. The molecule has 140 valence electrons. The summed E-state index contributed by atoms with van der Waals surface area (Å²) in [5.74, 6) is -0.346. The molecule has 1 saturated heterocycles. The lowest BCUT2D eigenvalue weighted by molar-refractivity contribution is -0.127. The lowest BCUT2D eigenvalue weighted by atomic mass is 10.2. The van der Waals surface area contributed by atoms with Crippen LogP contribution in [0.15, 0.2) is 47.5 Å². The van der Waals surface area contributed by atoms with Crippen LogP contribution < -0.4 is 5.32 Å². The van der Waals surface area contributed by atoms with Crippen LogP contribution in [0.3, 0.4) is 0 Å². The normalized spacial score (nSPS) is 18.2. The van der Waals surface area contributed by atoms with Crippen LogP contribution in [0.2, 0.25) is 5.02 Å². The number of hydrogen-bond acceptors (Lipinski definition) is 4. The van der Waals surface area contributed by atoms with Gasteiger partial charge in [0.25, 0.3) is 0 Å². The summed E-state index contributed by atoms with van der Waals surface area (Å²) in [6, 6.07) is 13.1. The van der Waals surface area contributed by atoms with Gasteiger partial charge in [-0.1, -0.05) is 41.6 Å². The first-order valence-electron chi connectivity index (χ1n) is 8.49. The fraction of sp³-hybridized carbons (Fsp3) is 0.250. The first-order valence-corrected chi connectivity index (χ1v) is 9.75. The average molecular weight is 402 g/mol. The standard InChI is InChI=1S/C20H20ClN3O2S/c1-12-5-4-6-15(9-12)22-20-24(3)19(26)17(27-20)11-18(25)23-16-10-14(21)8-7-13(16)2/h4-10,17H,11H2,1-3H3,(H,23,25)/t17-/m0/s1. The predicted molar refractivity (Wildman–Crippen MR) is 112 cm³/mol. The summed E-state index contributed by atoms with van der Waals surface area (Å²) in [5.41, 5.74) is 3.46. The molecule has 2 aromatic carbocycles. The summed E-state index contributed by atoms with van der Waals surface area (Å²) in [6.45, 7) is 3.88. The van der Waals surface area contributed by atoms with Crippen molar-refractivity contribution in [3.63, 3.8) is 0 Å². The molecule has 1 atom stereocenters. The van der Waals surface area contributed by atoms with Gasteiger partial charge < -0.3 is 5.32 Å². The number of rotatable bonds is 4. The minimum absolute atomic E-state index is 0.0760. The molecule has 0 saturated carbocycles. The van der Waals surface area contributed by atoms with Gasteiger partial charge in [-0.15, -0.1) is 0 Å². The highest BCUT2D eigenvalue weighted by Crippen LogP contribution is 2.31. The Balaban J connectivity index is 1.69. The topological polar surface area (TPSA) is 61.8 Å². The number of aliphatic imine (C=N–C) groups is 1. The molecule has 0 aromatic heterocycles. The Morgan fingerprint density at radius 1 is 1.26 bits per heavy atom. The van der Waals surface area contributed by atoms with E-state index >= 15 is 0 Å². The largest absolute Gasteiger partial charge is 0.326 e. The van der Waals surface area contributed by atoms with E-state index in [0.717, 1.165) is 16.8 Å². The zero-order valence-corrected chi connectivity index (χ0v) is 16.9. The fourth-order valence-electron chi connectivity index (χ4n) is 2.70. The SMILES string of the molecule is Cc1cccc(N=C2S[C@@H](CC(=O)Nc3cc(Cl)ccc3C)C(=O)N2C)c1. The third-order valence-corrected chi connectivity index (χ3v) is 5.68. The highest BCUT2D eigenvalue weighted by molar-refractivity contribution is 8.15. The van der Waals surface area contributed by atoms with Crippen molar-refractivity contribution in [2.45, 2.75) is 25.5 Å². The Hall–Kier alpha value is -2.31. The van der Waals surface area contributed by atoms with E-state index < -0.39 is 5.25 Å². The molecule has 3 rings (SSSR count). The summed E-state index contributed by atoms with van der Waals surface area (Å²) in [6.07, 6.45) is 0.0760. The molecule has 0 unspecified atom stereocenters. The third-order valence-electron chi connectivity index (χ3n) is 4.21. The molecular weight excluding hydrogens is 382 g/mol. The molecule has 0 bridgehead atoms. The van der Waals surface area contributed by atoms with E-state index in [1.54, 1.807) is 19.2 Å². The van der Waals surface area contributed by atoms with Gasteiger partial charge in [-0.25, -0.2) is 4.99 Å². The Labute approximate surface area is 167 Å². The van der Waals surface area contributed by atoms with Gasteiger partial charge in [0.15, 0.2) is 5.17 Å². The Morgan fingerprint density at radius 3 is 2.78 bits per heavy atom. The Bertz CT molecular complexity index is 929. The van der Waals surface area contributed by atoms with Gasteiger partial charge in [0.2, 0.25) is 11.8 Å². The molecule has 1 heterocycles. The Kier molecular flexibility index (Phi) is 5.87. The first kappa shape index (κ1) is 19.5. The second kappa shape index (κ2) is 8.15. The van der Waals surface area contributed by atoms with Gasteiger partial charge in [-0.3, -0.25) is 14.5 Å². The minimum Gasteiger partial charge on any atom is -0.326 e. The van der Waals surface area contributed by atoms with E-state index in [2.05, 4.69) is 10.3 Å². The van der Waals surface area contributed by atoms with Gasteiger partial charge >= 0.3 is 0 Å². The molecule has 1 N–H and O–H groups in total. The molecule has 0 aliphatic carbocycles.